The van der Waals surface area contributed by atoms with Crippen molar-refractivity contribution >= 4 is 56.8 Å². The quantitative estimate of drug-likeness (QED) is 0.643. The molecule has 4 rings (SSSR count). The molecule has 0 aromatic heterocycles. The van der Waals surface area contributed by atoms with E-state index in [0.29, 0.717) is 21.4 Å². The van der Waals surface area contributed by atoms with Crippen LogP contribution in [0.5, 0.6) is 0 Å². The highest BCUT2D eigenvalue weighted by Crippen LogP contribution is 2.32. The molecule has 26 heavy (non-hydrogen) atoms. The monoisotopic (exact) mass is 380 g/mol. The summed E-state index contributed by atoms with van der Waals surface area (Å²) in [5.74, 6) is -0.295. The zero-order chi connectivity index (χ0) is 18.1. The van der Waals surface area contributed by atoms with Crippen molar-refractivity contribution in [3.63, 3.8) is 0 Å². The van der Waals surface area contributed by atoms with Crippen LogP contribution in [0.3, 0.4) is 0 Å². The average Bonchev–Trinajstić information content (AvgIpc) is 3.01. The summed E-state index contributed by atoms with van der Waals surface area (Å²) in [6.07, 6.45) is 0. The lowest BCUT2D eigenvalue weighted by Crippen LogP contribution is -2.30. The zero-order valence-electron chi connectivity index (χ0n) is 13.6. The van der Waals surface area contributed by atoms with Crippen LogP contribution in [-0.4, -0.2) is 22.7 Å². The number of hydrogen-bond donors (Lipinski definition) is 0. The van der Waals surface area contributed by atoms with Gasteiger partial charge in [0.05, 0.1) is 16.5 Å². The van der Waals surface area contributed by atoms with Gasteiger partial charge in [-0.3, -0.25) is 14.5 Å². The van der Waals surface area contributed by atoms with E-state index in [1.165, 1.54) is 16.7 Å². The lowest BCUT2D eigenvalue weighted by molar-refractivity contribution is -0.115. The molecule has 2 amide bonds. The molecule has 0 radical (unpaired) electrons. The lowest BCUT2D eigenvalue weighted by Gasteiger charge is -2.17. The predicted octanol–water partition coefficient (Wildman–Crippen LogP) is 4.77. The molecule has 1 aliphatic rings. The van der Waals surface area contributed by atoms with Gasteiger partial charge in [0.2, 0.25) is 5.91 Å². The van der Waals surface area contributed by atoms with Crippen LogP contribution in [0, 0.1) is 0 Å². The third kappa shape index (κ3) is 3.00. The molecule has 0 aliphatic carbocycles. The van der Waals surface area contributed by atoms with E-state index in [2.05, 4.69) is 4.99 Å². The number of aliphatic imine (C=N–C) groups is 1. The van der Waals surface area contributed by atoms with E-state index in [4.69, 9.17) is 11.6 Å². The van der Waals surface area contributed by atoms with Gasteiger partial charge < -0.3 is 0 Å². The molecule has 0 spiro atoms. The van der Waals surface area contributed by atoms with Crippen molar-refractivity contribution in [2.75, 3.05) is 10.7 Å². The van der Waals surface area contributed by atoms with Crippen LogP contribution in [0.1, 0.15) is 10.4 Å². The van der Waals surface area contributed by atoms with E-state index < -0.39 is 0 Å². The summed E-state index contributed by atoms with van der Waals surface area (Å²) < 4.78 is 0. The minimum absolute atomic E-state index is 0.146. The van der Waals surface area contributed by atoms with Crippen LogP contribution in [0.25, 0.3) is 10.8 Å². The van der Waals surface area contributed by atoms with Crippen molar-refractivity contribution < 1.29 is 9.59 Å². The van der Waals surface area contributed by atoms with Gasteiger partial charge in [-0.15, -0.1) is 0 Å². The van der Waals surface area contributed by atoms with Crippen LogP contribution in [-0.2, 0) is 4.79 Å². The molecule has 1 aliphatic heterocycles. The molecule has 1 saturated heterocycles. The van der Waals surface area contributed by atoms with Crippen molar-refractivity contribution in [3.05, 3.63) is 77.3 Å². The summed E-state index contributed by atoms with van der Waals surface area (Å²) in [6.45, 7) is 0. The average molecular weight is 381 g/mol. The van der Waals surface area contributed by atoms with Gasteiger partial charge in [0.1, 0.15) is 0 Å². The van der Waals surface area contributed by atoms with Gasteiger partial charge in [-0.1, -0.05) is 71.9 Å². The third-order valence-electron chi connectivity index (χ3n) is 4.08. The van der Waals surface area contributed by atoms with Crippen molar-refractivity contribution in [1.29, 1.82) is 0 Å². The number of carbonyl (C=O) groups is 2. The maximum atomic E-state index is 12.8. The number of halogens is 1. The van der Waals surface area contributed by atoms with Crippen LogP contribution in [0.15, 0.2) is 71.7 Å². The Hall–Kier alpha value is -2.63. The fourth-order valence-electron chi connectivity index (χ4n) is 2.87. The summed E-state index contributed by atoms with van der Waals surface area (Å²) in [5.41, 5.74) is 1.04. The highest BCUT2D eigenvalue weighted by molar-refractivity contribution is 8.15. The van der Waals surface area contributed by atoms with E-state index in [0.717, 1.165) is 10.8 Å². The molecule has 0 saturated carbocycles. The van der Waals surface area contributed by atoms with E-state index in [-0.39, 0.29) is 17.6 Å². The molecule has 0 bridgehead atoms. The number of hydrogen-bond acceptors (Lipinski definition) is 3. The normalized spacial score (nSPS) is 15.8. The number of para-hydroxylation sites is 1. The van der Waals surface area contributed by atoms with Crippen LogP contribution >= 0.6 is 23.4 Å². The van der Waals surface area contributed by atoms with Crippen molar-refractivity contribution in [1.82, 2.24) is 0 Å². The number of rotatable bonds is 2. The highest BCUT2D eigenvalue weighted by atomic mass is 35.5. The molecule has 0 atom stereocenters. The van der Waals surface area contributed by atoms with E-state index >= 15 is 0 Å². The van der Waals surface area contributed by atoms with Gasteiger partial charge in [0.15, 0.2) is 5.17 Å². The third-order valence-corrected chi connectivity index (χ3v) is 5.32. The SMILES string of the molecule is O=C(N=C1SCC(=O)N1c1ccccc1Cl)c1cccc2ccccc12. The van der Waals surface area contributed by atoms with Gasteiger partial charge in [-0.2, -0.15) is 4.99 Å². The van der Waals surface area contributed by atoms with Crippen molar-refractivity contribution in [3.8, 4) is 0 Å². The van der Waals surface area contributed by atoms with E-state index in [1.54, 1.807) is 30.3 Å². The van der Waals surface area contributed by atoms with Crippen LogP contribution in [0.4, 0.5) is 5.69 Å². The Labute approximate surface area is 159 Å². The number of amides is 2. The Balaban J connectivity index is 1.76. The van der Waals surface area contributed by atoms with Crippen molar-refractivity contribution in [2.24, 2.45) is 4.99 Å². The van der Waals surface area contributed by atoms with Gasteiger partial charge in [0.25, 0.3) is 5.91 Å². The molecule has 3 aromatic rings. The molecule has 6 heteroatoms. The Morgan fingerprint density at radius 1 is 1.00 bits per heavy atom. The molecule has 1 heterocycles. The summed E-state index contributed by atoms with van der Waals surface area (Å²) in [5, 5.41) is 2.59. The number of fused-ring (bicyclic) bond motifs is 1. The number of amidine groups is 1. The second-order valence-corrected chi connectivity index (χ2v) is 7.05. The first kappa shape index (κ1) is 16.8. The lowest BCUT2D eigenvalue weighted by atomic mass is 10.0. The molecular formula is C20H13ClN2O2S. The molecule has 0 unspecified atom stereocenters. The maximum absolute atomic E-state index is 12.8. The largest absolute Gasteiger partial charge is 0.280 e. The van der Waals surface area contributed by atoms with Crippen molar-refractivity contribution in [2.45, 2.75) is 0 Å². The Bertz CT molecular complexity index is 1060. The first-order chi connectivity index (χ1) is 12.6. The maximum Gasteiger partial charge on any atom is 0.280 e. The first-order valence-corrected chi connectivity index (χ1v) is 9.32. The summed E-state index contributed by atoms with van der Waals surface area (Å²) in [7, 11) is 0. The second kappa shape index (κ2) is 6.94. The molecule has 128 valence electrons. The summed E-state index contributed by atoms with van der Waals surface area (Å²) in [6, 6.07) is 20.2. The fourth-order valence-corrected chi connectivity index (χ4v) is 3.95. The molecule has 0 N–H and O–H groups in total. The molecule has 4 nitrogen and oxygen atoms in total. The number of carbonyl (C=O) groups excluding carboxylic acids is 2. The highest BCUT2D eigenvalue weighted by Gasteiger charge is 2.31. The number of anilines is 1. The second-order valence-electron chi connectivity index (χ2n) is 5.70. The zero-order valence-corrected chi connectivity index (χ0v) is 15.1. The molecule has 1 fully saturated rings. The minimum Gasteiger partial charge on any atom is -0.273 e. The number of thioether (sulfide) groups is 1. The number of benzene rings is 3. The summed E-state index contributed by atoms with van der Waals surface area (Å²) in [4.78, 5) is 30.8. The Kier molecular flexibility index (Phi) is 4.49. The first-order valence-electron chi connectivity index (χ1n) is 7.96. The van der Waals surface area contributed by atoms with Crippen LogP contribution < -0.4 is 4.90 Å². The van der Waals surface area contributed by atoms with Gasteiger partial charge in [0, 0.05) is 5.56 Å². The smallest absolute Gasteiger partial charge is 0.273 e. The van der Waals surface area contributed by atoms with E-state index in [9.17, 15) is 9.59 Å². The van der Waals surface area contributed by atoms with Gasteiger partial charge >= 0.3 is 0 Å². The Morgan fingerprint density at radius 3 is 2.58 bits per heavy atom. The molecule has 3 aromatic carbocycles. The van der Waals surface area contributed by atoms with Crippen LogP contribution in [0.2, 0.25) is 5.02 Å². The standard InChI is InChI=1S/C20H13ClN2O2S/c21-16-10-3-4-11-17(16)23-18(24)12-26-20(23)22-19(25)15-9-5-7-13-6-1-2-8-14(13)15/h1-11H,12H2. The number of nitrogens with zero attached hydrogens (tertiary/aromatic N) is 2. The predicted molar refractivity (Wildman–Crippen MR) is 107 cm³/mol. The summed E-state index contributed by atoms with van der Waals surface area (Å²) >= 11 is 7.46. The Morgan fingerprint density at radius 2 is 1.73 bits per heavy atom. The van der Waals surface area contributed by atoms with Gasteiger partial charge in [-0.25, -0.2) is 0 Å². The van der Waals surface area contributed by atoms with E-state index in [1.807, 2.05) is 36.4 Å². The fraction of sp³-hybridized carbons (Fsp3) is 0.0500. The molecular weight excluding hydrogens is 368 g/mol. The minimum atomic E-state index is -0.379. The van der Waals surface area contributed by atoms with Gasteiger partial charge in [-0.05, 0) is 29.0 Å². The topological polar surface area (TPSA) is 49.7 Å².